The Morgan fingerprint density at radius 2 is 0.581 bits per heavy atom. The topological polar surface area (TPSA) is 61.4 Å². The number of rotatable bonds is 10. The van der Waals surface area contributed by atoms with Crippen LogP contribution in [0.5, 0.6) is 0 Å². The summed E-state index contributed by atoms with van der Waals surface area (Å²) in [4.78, 5) is 1.34. The van der Waals surface area contributed by atoms with Crippen molar-refractivity contribution in [1.82, 2.24) is 30.0 Å². The predicted octanol–water partition coefficient (Wildman–Crippen LogP) is 31.6. The molecule has 20 rings (SSSR count). The molecule has 0 atom stereocenters. The normalized spacial score (nSPS) is 10.4. The smallest absolute Gasteiger partial charge is 0.123 e. The average molecular weight is 1630 g/mol. The summed E-state index contributed by atoms with van der Waals surface area (Å²) in [6.07, 6.45) is 3.91. The molecule has 0 radical (unpaired) electrons. The molecule has 0 amide bonds. The van der Waals surface area contributed by atoms with Gasteiger partial charge in [-0.3, -0.25) is 0 Å². The number of fused-ring (bicyclic) bond motifs is 2. The summed E-state index contributed by atoms with van der Waals surface area (Å²) in [5.41, 5.74) is 32.6. The molecule has 0 fully saturated rings. The molecular weight excluding hydrogens is 1530 g/mol. The molecule has 20 aromatic rings. The van der Waals surface area contributed by atoms with Gasteiger partial charge >= 0.3 is 0 Å². The zero-order valence-electron chi connectivity index (χ0n) is 72.1. The monoisotopic (exact) mass is 1630 g/mol. The summed E-state index contributed by atoms with van der Waals surface area (Å²) >= 11 is 1.78. The van der Waals surface area contributed by atoms with Crippen LogP contribution < -0.4 is 0 Å². The second-order valence-corrected chi connectivity index (χ2v) is 31.8. The van der Waals surface area contributed by atoms with Gasteiger partial charge in [0.25, 0.3) is 0 Å². The minimum absolute atomic E-state index is 0.194. The molecule has 610 valence electrons. The number of hydrogen-bond donors (Lipinski definition) is 0. The second-order valence-electron chi connectivity index (χ2n) is 30.9. The van der Waals surface area contributed by atoms with Crippen molar-refractivity contribution < 1.29 is 4.39 Å². The number of benzene rings is 17. The highest BCUT2D eigenvalue weighted by molar-refractivity contribution is 7.13. The van der Waals surface area contributed by atoms with Crippen LogP contribution >= 0.6 is 11.3 Å². The highest BCUT2D eigenvalue weighted by Crippen LogP contribution is 2.36. The fourth-order valence-corrected chi connectivity index (χ4v) is 14.7. The molecule has 0 bridgehead atoms. The molecule has 3 aromatic heterocycles. The zero-order valence-corrected chi connectivity index (χ0v) is 72.9. The van der Waals surface area contributed by atoms with Crippen LogP contribution in [0.15, 0.2) is 442 Å². The molecule has 3 heterocycles. The Bertz CT molecular complexity index is 6540. The lowest BCUT2D eigenvalue weighted by atomic mass is 9.92. The zero-order chi connectivity index (χ0) is 86.4. The average Bonchev–Trinajstić information content (AvgIpc) is 1.000. The first kappa shape index (κ1) is 87.0. The van der Waals surface area contributed by atoms with Crippen molar-refractivity contribution in [2.75, 3.05) is 0 Å². The first-order chi connectivity index (χ1) is 60.5. The van der Waals surface area contributed by atoms with Crippen LogP contribution in [0.25, 0.3) is 122 Å². The molecule has 0 N–H and O–H groups in total. The Kier molecular flexibility index (Phi) is 30.8. The lowest BCUT2D eigenvalue weighted by molar-refractivity contribution is 0.628. The predicted molar refractivity (Wildman–Crippen MR) is 525 cm³/mol. The molecule has 0 aliphatic heterocycles. The van der Waals surface area contributed by atoms with E-state index in [0.717, 1.165) is 45.0 Å². The first-order valence-corrected chi connectivity index (χ1v) is 42.8. The van der Waals surface area contributed by atoms with Crippen LogP contribution in [-0.2, 0) is 0 Å². The minimum Gasteiger partial charge on any atom is -0.220 e. The van der Waals surface area contributed by atoms with E-state index < -0.39 is 0 Å². The molecular formula is C116H103FN6S. The molecule has 0 unspecified atom stereocenters. The van der Waals surface area contributed by atoms with Crippen molar-refractivity contribution in [3.63, 3.8) is 0 Å². The van der Waals surface area contributed by atoms with Gasteiger partial charge in [0.2, 0.25) is 0 Å². The van der Waals surface area contributed by atoms with E-state index in [0.29, 0.717) is 0 Å². The maximum atomic E-state index is 12.7. The maximum absolute atomic E-state index is 12.7. The quantitative estimate of drug-likeness (QED) is 0.137. The third-order valence-electron chi connectivity index (χ3n) is 21.1. The van der Waals surface area contributed by atoms with Gasteiger partial charge in [-0.2, -0.15) is 0 Å². The SMILES string of the molecule is Cc1ccc(-c2ccc(F)cc2)cc1.Cc1ccc(-c2cccc3ccccc23)c2ccccc12.Cc1ccc(-c2ccccc2)cc1.Cc1ccc(-c2cccs2)cc1.Cc1ccc(-c2cn(-c3ccc(C)cc3)nn2)cc1.Cc1ccc(-n2cc(-c3cccc(C)c3)nn2)cc1.Cc1cccc(-c2ccccc2)c1.Cc1ccccc1-c1ccccc1. The summed E-state index contributed by atoms with van der Waals surface area (Å²) in [7, 11) is 0. The van der Waals surface area contributed by atoms with Gasteiger partial charge in [0.15, 0.2) is 0 Å². The highest BCUT2D eigenvalue weighted by atomic mass is 32.1. The van der Waals surface area contributed by atoms with Crippen molar-refractivity contribution in [2.45, 2.75) is 69.2 Å². The Morgan fingerprint density at radius 3 is 1.07 bits per heavy atom. The third-order valence-corrected chi connectivity index (χ3v) is 22.0. The number of aryl methyl sites for hydroxylation is 10. The summed E-state index contributed by atoms with van der Waals surface area (Å²) in [5, 5.41) is 24.2. The molecule has 8 heteroatoms. The summed E-state index contributed by atoms with van der Waals surface area (Å²) in [6.45, 7) is 21.0. The Hall–Kier alpha value is -14.8. The Balaban J connectivity index is 0.000000123. The standard InChI is InChI=1S/C21H16.2C16H15N3.C13H11F.3C13H12.C11H10S/c1-15-13-14-21(19-11-5-4-9-17(15)19)20-12-6-8-16-7-2-3-10-18(16)20;1-12-3-7-14(8-4-12)16-11-19(18-17-16)15-9-5-13(2)6-10-15;1-12-6-8-15(9-7-12)19-11-16(17-18-19)14-5-3-4-13(2)10-14;1-10-2-4-11(5-3-10)12-6-8-13(14)9-7-12;1-11-7-5-6-10-13(11)12-8-3-2-4-9-12;1-11-6-5-9-13(10-11)12-7-3-2-4-8-12;1-11-7-9-13(10-8-11)12-5-3-2-4-6-12;1-9-4-6-10(7-5-9)11-3-2-8-12-11/h2-14H,1H3;2*3-11H,1-2H3;2-9H,1H3;3*2-10H,1H3;2-8H,1H3. The summed E-state index contributed by atoms with van der Waals surface area (Å²) < 4.78 is 16.3. The lowest BCUT2D eigenvalue weighted by Crippen LogP contribution is -1.94. The van der Waals surface area contributed by atoms with Gasteiger partial charge in [0, 0.05) is 16.0 Å². The van der Waals surface area contributed by atoms with Gasteiger partial charge in [-0.05, 0) is 217 Å². The molecule has 17 aromatic carbocycles. The summed E-state index contributed by atoms with van der Waals surface area (Å²) in [5.74, 6) is -0.194. The van der Waals surface area contributed by atoms with Crippen LogP contribution in [0.4, 0.5) is 4.39 Å². The molecule has 0 spiro atoms. The van der Waals surface area contributed by atoms with Crippen molar-refractivity contribution in [3.8, 4) is 100.0 Å². The summed E-state index contributed by atoms with van der Waals surface area (Å²) in [6, 6.07) is 146. The Labute approximate surface area is 735 Å². The largest absolute Gasteiger partial charge is 0.220 e. The van der Waals surface area contributed by atoms with E-state index in [4.69, 9.17) is 0 Å². The molecule has 0 saturated heterocycles. The van der Waals surface area contributed by atoms with Crippen molar-refractivity contribution in [3.05, 3.63) is 504 Å². The lowest BCUT2D eigenvalue weighted by Gasteiger charge is -2.11. The van der Waals surface area contributed by atoms with Gasteiger partial charge in [-0.25, -0.2) is 13.8 Å². The number of thiophene rings is 1. The van der Waals surface area contributed by atoms with E-state index in [1.54, 1.807) is 32.8 Å². The number of hydrogen-bond acceptors (Lipinski definition) is 5. The van der Waals surface area contributed by atoms with Crippen molar-refractivity contribution in [2.24, 2.45) is 0 Å². The Morgan fingerprint density at radius 1 is 0.226 bits per heavy atom. The first-order valence-electron chi connectivity index (χ1n) is 41.9. The number of aromatic nitrogens is 6. The molecule has 0 aliphatic carbocycles. The third kappa shape index (κ3) is 24.9. The van der Waals surface area contributed by atoms with Crippen LogP contribution in [-0.4, -0.2) is 30.0 Å². The van der Waals surface area contributed by atoms with E-state index in [-0.39, 0.29) is 5.82 Å². The molecule has 124 heavy (non-hydrogen) atoms. The minimum atomic E-state index is -0.194. The van der Waals surface area contributed by atoms with E-state index in [9.17, 15) is 4.39 Å². The van der Waals surface area contributed by atoms with Gasteiger partial charge in [0.1, 0.15) is 17.2 Å². The molecule has 0 aliphatic rings. The van der Waals surface area contributed by atoms with Crippen LogP contribution in [0.1, 0.15) is 55.6 Å². The fourth-order valence-electron chi connectivity index (χ4n) is 14.0. The van der Waals surface area contributed by atoms with E-state index in [2.05, 4.69) is 435 Å². The van der Waals surface area contributed by atoms with Crippen LogP contribution in [0.3, 0.4) is 0 Å². The van der Waals surface area contributed by atoms with Gasteiger partial charge in [0.05, 0.1) is 23.8 Å². The van der Waals surface area contributed by atoms with Gasteiger partial charge in [-0.15, -0.1) is 21.5 Å². The van der Waals surface area contributed by atoms with E-state index in [1.807, 2.05) is 73.1 Å². The molecule has 0 saturated carbocycles. The van der Waals surface area contributed by atoms with Crippen LogP contribution in [0.2, 0.25) is 0 Å². The van der Waals surface area contributed by atoms with Gasteiger partial charge < -0.3 is 0 Å². The molecule has 6 nitrogen and oxygen atoms in total. The number of halogens is 1. The second kappa shape index (κ2) is 43.9. The van der Waals surface area contributed by atoms with Crippen LogP contribution in [0, 0.1) is 75.1 Å². The van der Waals surface area contributed by atoms with Crippen molar-refractivity contribution >= 4 is 32.9 Å². The van der Waals surface area contributed by atoms with Crippen molar-refractivity contribution in [1.29, 1.82) is 0 Å². The van der Waals surface area contributed by atoms with Gasteiger partial charge in [-0.1, -0.05) is 431 Å². The van der Waals surface area contributed by atoms with E-state index >= 15 is 0 Å². The number of nitrogens with zero attached hydrogens (tertiary/aromatic N) is 6. The maximum Gasteiger partial charge on any atom is 0.123 e. The van der Waals surface area contributed by atoms with E-state index in [1.165, 1.54) is 144 Å². The highest BCUT2D eigenvalue weighted by Gasteiger charge is 2.12. The fraction of sp³-hybridized carbons (Fsp3) is 0.0862.